The second-order valence-corrected chi connectivity index (χ2v) is 2.26. The lowest BCUT2D eigenvalue weighted by atomic mass is 10.2. The number of hydrogen-bond donors (Lipinski definition) is 1. The van der Waals surface area contributed by atoms with Crippen molar-refractivity contribution >= 4 is 12.1 Å². The first kappa shape index (κ1) is 10.6. The minimum absolute atomic E-state index is 0.0452. The van der Waals surface area contributed by atoms with Crippen LogP contribution in [0.4, 0.5) is 0 Å². The van der Waals surface area contributed by atoms with E-state index in [1.165, 1.54) is 6.92 Å². The highest BCUT2D eigenvalue weighted by atomic mass is 16.1. The van der Waals surface area contributed by atoms with E-state index >= 15 is 0 Å². The van der Waals surface area contributed by atoms with Crippen molar-refractivity contribution in [3.8, 4) is 0 Å². The minimum atomic E-state index is -0.0452. The van der Waals surface area contributed by atoms with Crippen molar-refractivity contribution in [3.05, 3.63) is 24.3 Å². The van der Waals surface area contributed by atoms with Crippen LogP contribution in [0.15, 0.2) is 29.3 Å². The smallest absolute Gasteiger partial charge is 0.217 e. The molecule has 0 atom stereocenters. The number of nitrogens with one attached hydrogen (secondary N) is 1. The molecule has 0 aromatic carbocycles. The molecule has 0 spiro atoms. The zero-order chi connectivity index (χ0) is 9.40. The summed E-state index contributed by atoms with van der Waals surface area (Å²) >= 11 is 0. The molecule has 66 valence electrons. The number of nitrogens with zero attached hydrogens (tertiary/aromatic N) is 1. The third kappa shape index (κ3) is 5.41. The lowest BCUT2D eigenvalue weighted by Crippen LogP contribution is -2.21. The van der Waals surface area contributed by atoms with Gasteiger partial charge in [0.25, 0.3) is 0 Å². The monoisotopic (exact) mass is 166 g/mol. The number of amides is 1. The lowest BCUT2D eigenvalue weighted by Gasteiger charge is -2.00. The summed E-state index contributed by atoms with van der Waals surface area (Å²) in [7, 11) is 1.69. The molecule has 0 bridgehead atoms. The van der Waals surface area contributed by atoms with E-state index in [0.29, 0.717) is 6.54 Å². The highest BCUT2D eigenvalue weighted by Gasteiger charge is 1.91. The van der Waals surface area contributed by atoms with Crippen LogP contribution < -0.4 is 5.32 Å². The van der Waals surface area contributed by atoms with E-state index in [4.69, 9.17) is 0 Å². The van der Waals surface area contributed by atoms with Crippen LogP contribution in [0, 0.1) is 0 Å². The Morgan fingerprint density at radius 1 is 1.67 bits per heavy atom. The molecular formula is C9H14N2O. The Bertz CT molecular complexity index is 217. The fourth-order valence-corrected chi connectivity index (χ4v) is 0.596. The third-order valence-corrected chi connectivity index (χ3v) is 1.24. The summed E-state index contributed by atoms with van der Waals surface area (Å²) in [4.78, 5) is 14.3. The molecule has 3 heteroatoms. The van der Waals surface area contributed by atoms with Crippen molar-refractivity contribution in [2.45, 2.75) is 6.92 Å². The van der Waals surface area contributed by atoms with Gasteiger partial charge in [0.05, 0.1) is 0 Å². The molecule has 0 fully saturated rings. The van der Waals surface area contributed by atoms with Gasteiger partial charge in [0, 0.05) is 26.7 Å². The molecule has 0 aliphatic heterocycles. The summed E-state index contributed by atoms with van der Waals surface area (Å²) in [6, 6.07) is 0. The molecule has 3 nitrogen and oxygen atoms in total. The second kappa shape index (κ2) is 6.34. The van der Waals surface area contributed by atoms with Crippen molar-refractivity contribution in [2.24, 2.45) is 4.99 Å². The Morgan fingerprint density at radius 3 is 2.75 bits per heavy atom. The first-order valence-corrected chi connectivity index (χ1v) is 3.69. The van der Waals surface area contributed by atoms with Gasteiger partial charge >= 0.3 is 0 Å². The summed E-state index contributed by atoms with van der Waals surface area (Å²) in [5.74, 6) is -0.0452. The van der Waals surface area contributed by atoms with E-state index in [1.54, 1.807) is 19.3 Å². The number of rotatable bonds is 4. The van der Waals surface area contributed by atoms with Crippen LogP contribution in [0.3, 0.4) is 0 Å². The van der Waals surface area contributed by atoms with E-state index in [0.717, 1.165) is 5.57 Å². The van der Waals surface area contributed by atoms with E-state index in [9.17, 15) is 4.79 Å². The van der Waals surface area contributed by atoms with Gasteiger partial charge in [-0.1, -0.05) is 12.7 Å². The molecule has 0 saturated carbocycles. The maximum atomic E-state index is 10.5. The summed E-state index contributed by atoms with van der Waals surface area (Å²) in [5.41, 5.74) is 0.941. The van der Waals surface area contributed by atoms with Crippen LogP contribution in [0.5, 0.6) is 0 Å². The molecule has 12 heavy (non-hydrogen) atoms. The van der Waals surface area contributed by atoms with Gasteiger partial charge < -0.3 is 5.32 Å². The van der Waals surface area contributed by atoms with Crippen LogP contribution in [0.25, 0.3) is 0 Å². The predicted molar refractivity (Wildman–Crippen MR) is 51.4 cm³/mol. The molecule has 0 aromatic rings. The highest BCUT2D eigenvalue weighted by Crippen LogP contribution is 1.91. The van der Waals surface area contributed by atoms with Crippen molar-refractivity contribution in [1.29, 1.82) is 0 Å². The Morgan fingerprint density at radius 2 is 2.33 bits per heavy atom. The number of carbonyl (C=O) groups is 1. The summed E-state index contributed by atoms with van der Waals surface area (Å²) < 4.78 is 0. The average Bonchev–Trinajstić information content (AvgIpc) is 2.05. The maximum Gasteiger partial charge on any atom is 0.217 e. The van der Waals surface area contributed by atoms with Crippen molar-refractivity contribution in [2.75, 3.05) is 13.6 Å². The molecule has 0 unspecified atom stereocenters. The number of carbonyl (C=O) groups excluding carboxylic acids is 1. The average molecular weight is 166 g/mol. The van der Waals surface area contributed by atoms with Gasteiger partial charge in [-0.15, -0.1) is 0 Å². The largest absolute Gasteiger partial charge is 0.352 e. The van der Waals surface area contributed by atoms with Crippen molar-refractivity contribution in [3.63, 3.8) is 0 Å². The lowest BCUT2D eigenvalue weighted by molar-refractivity contribution is -0.118. The fourth-order valence-electron chi connectivity index (χ4n) is 0.596. The van der Waals surface area contributed by atoms with E-state index in [-0.39, 0.29) is 5.91 Å². The Kier molecular flexibility index (Phi) is 5.61. The molecule has 0 heterocycles. The quantitative estimate of drug-likeness (QED) is 0.490. The van der Waals surface area contributed by atoms with E-state index in [2.05, 4.69) is 16.9 Å². The van der Waals surface area contributed by atoms with Gasteiger partial charge in [-0.2, -0.15) is 0 Å². The zero-order valence-corrected chi connectivity index (χ0v) is 7.50. The van der Waals surface area contributed by atoms with Crippen molar-refractivity contribution < 1.29 is 4.79 Å². The molecule has 0 saturated heterocycles. The fraction of sp³-hybridized carbons (Fsp3) is 0.333. The van der Waals surface area contributed by atoms with Crippen molar-refractivity contribution in [1.82, 2.24) is 5.32 Å². The van der Waals surface area contributed by atoms with E-state index < -0.39 is 0 Å². The maximum absolute atomic E-state index is 10.5. The molecular weight excluding hydrogens is 152 g/mol. The summed E-state index contributed by atoms with van der Waals surface area (Å²) in [6.07, 6.45) is 5.17. The molecule has 0 radical (unpaired) electrons. The van der Waals surface area contributed by atoms with Crippen LogP contribution in [-0.2, 0) is 4.79 Å². The number of allylic oxidation sites excluding steroid dienone is 1. The third-order valence-electron chi connectivity index (χ3n) is 1.24. The van der Waals surface area contributed by atoms with Crippen LogP contribution in [-0.4, -0.2) is 25.7 Å². The topological polar surface area (TPSA) is 41.5 Å². The summed E-state index contributed by atoms with van der Waals surface area (Å²) in [5, 5.41) is 2.67. The molecule has 1 N–H and O–H groups in total. The Hall–Kier alpha value is -1.38. The number of hydrogen-bond acceptors (Lipinski definition) is 2. The van der Waals surface area contributed by atoms with Gasteiger partial charge in [0.1, 0.15) is 0 Å². The normalized spacial score (nSPS) is 11.7. The second-order valence-electron chi connectivity index (χ2n) is 2.26. The minimum Gasteiger partial charge on any atom is -0.352 e. The summed E-state index contributed by atoms with van der Waals surface area (Å²) in [6.45, 7) is 5.60. The molecule has 0 aromatic heterocycles. The van der Waals surface area contributed by atoms with E-state index in [1.807, 2.05) is 6.08 Å². The van der Waals surface area contributed by atoms with Gasteiger partial charge in [0.2, 0.25) is 5.91 Å². The first-order chi connectivity index (χ1) is 5.70. The van der Waals surface area contributed by atoms with Crippen LogP contribution >= 0.6 is 0 Å². The first-order valence-electron chi connectivity index (χ1n) is 3.69. The standard InChI is InChI=1S/C9H14N2O/c1-4-9(5-6-10-3)7-11-8(2)12/h4-6H,1,7H2,2-3H3,(H,11,12)/b9-5+,10-6-. The SMILES string of the molecule is C=C/C(=C\C=N/C)CNC(C)=O. The number of aliphatic imine (C=N–C) groups is 1. The molecule has 0 aliphatic carbocycles. The zero-order valence-electron chi connectivity index (χ0n) is 7.50. The van der Waals surface area contributed by atoms with Gasteiger partial charge in [-0.3, -0.25) is 9.79 Å². The Balaban J connectivity index is 3.99. The van der Waals surface area contributed by atoms with Gasteiger partial charge in [0.15, 0.2) is 0 Å². The molecule has 0 rings (SSSR count). The van der Waals surface area contributed by atoms with Crippen LogP contribution in [0.2, 0.25) is 0 Å². The van der Waals surface area contributed by atoms with Gasteiger partial charge in [-0.25, -0.2) is 0 Å². The predicted octanol–water partition coefficient (Wildman–Crippen LogP) is 0.935. The molecule has 1 amide bonds. The van der Waals surface area contributed by atoms with Crippen LogP contribution in [0.1, 0.15) is 6.92 Å². The van der Waals surface area contributed by atoms with Gasteiger partial charge in [-0.05, 0) is 11.6 Å². The Labute approximate surface area is 72.9 Å². The highest BCUT2D eigenvalue weighted by molar-refractivity contribution is 5.75. The molecule has 0 aliphatic rings.